The number of carbonyl (C=O) groups excluding carboxylic acids is 9. The molecule has 16 heteroatoms. The van der Waals surface area contributed by atoms with Crippen molar-refractivity contribution in [2.75, 3.05) is 7.05 Å². The van der Waals surface area contributed by atoms with Crippen molar-refractivity contribution in [3.63, 3.8) is 0 Å². The van der Waals surface area contributed by atoms with Crippen molar-refractivity contribution < 1.29 is 114 Å². The average Bonchev–Trinajstić information content (AvgIpc) is 4.06. The van der Waals surface area contributed by atoms with Gasteiger partial charge in [-0.3, -0.25) is 64.0 Å². The topological polar surface area (TPSA) is 224 Å². The van der Waals surface area contributed by atoms with E-state index in [1.165, 1.54) is 32.7 Å². The number of nitrogens with zero attached hydrogens (tertiary/aromatic N) is 1. The van der Waals surface area contributed by atoms with Crippen LogP contribution in [0.3, 0.4) is 0 Å². The Morgan fingerprint density at radius 2 is 0.689 bits per heavy atom. The first-order chi connectivity index (χ1) is 33.6. The monoisotopic (exact) mass is 1170 g/mol. The van der Waals surface area contributed by atoms with Crippen LogP contribution >= 0.6 is 0 Å². The van der Waals surface area contributed by atoms with E-state index in [2.05, 4.69) is 71.3 Å². The van der Waals surface area contributed by atoms with Gasteiger partial charge in [0.05, 0.1) is 19.3 Å². The van der Waals surface area contributed by atoms with Crippen LogP contribution in [0.2, 0.25) is 0 Å². The Hall–Kier alpha value is -5.50. The molecule has 4 aromatic carbocycles. The van der Waals surface area contributed by atoms with Gasteiger partial charge in [0, 0.05) is 108 Å². The normalized spacial score (nSPS) is 14.7. The third-order valence-electron chi connectivity index (χ3n) is 8.30. The fraction of sp³-hybridized carbons (Fsp3) is 0.310. The summed E-state index contributed by atoms with van der Waals surface area (Å²) in [7, 11) is 1.51. The Balaban J connectivity index is -0.000000255. The van der Waals surface area contributed by atoms with Gasteiger partial charge >= 0.3 is 0 Å². The molecule has 8 rings (SSSR count). The van der Waals surface area contributed by atoms with Crippen LogP contribution < -0.4 is 16.0 Å². The number of hydrogen-bond donors (Lipinski definition) is 3. The molecule has 0 aliphatic carbocycles. The van der Waals surface area contributed by atoms with E-state index < -0.39 is 0 Å². The van der Waals surface area contributed by atoms with E-state index in [-0.39, 0.29) is 145 Å². The Morgan fingerprint density at radius 1 is 0.419 bits per heavy atom. The van der Waals surface area contributed by atoms with Gasteiger partial charge in [-0.05, 0) is 34.9 Å². The van der Waals surface area contributed by atoms with Crippen molar-refractivity contribution in [3.05, 3.63) is 168 Å². The van der Waals surface area contributed by atoms with Crippen LogP contribution in [0, 0.1) is 7.43 Å². The van der Waals surface area contributed by atoms with E-state index in [9.17, 15) is 43.2 Å². The minimum atomic E-state index is -0.279. The summed E-state index contributed by atoms with van der Waals surface area (Å²) in [6, 6.07) is 37.6. The average molecular weight is 1170 g/mol. The molecule has 5 N–H and O–H groups in total. The molecule has 4 aliphatic rings. The number of imide groups is 4. The third kappa shape index (κ3) is 35.6. The second-order valence-electron chi connectivity index (χ2n) is 15.6. The second-order valence-corrected chi connectivity index (χ2v) is 15.6. The first kappa shape index (κ1) is 77.4. The number of amides is 8. The molecule has 0 bridgehead atoms. The van der Waals surface area contributed by atoms with Gasteiger partial charge in [-0.25, -0.2) is 0 Å². The zero-order valence-corrected chi connectivity index (χ0v) is 50.7. The molecular formula is C58H77N4O10Y2-. The van der Waals surface area contributed by atoms with Crippen LogP contribution in [-0.4, -0.2) is 71.0 Å². The zero-order chi connectivity index (χ0) is 52.7. The number of nitrogens with one attached hydrogen (secondary N) is 3. The Morgan fingerprint density at radius 3 is 0.878 bits per heavy atom. The predicted molar refractivity (Wildman–Crippen MR) is 289 cm³/mol. The molecule has 2 radical (unpaired) electrons. The van der Waals surface area contributed by atoms with Gasteiger partial charge in [0.25, 0.3) is 17.7 Å². The van der Waals surface area contributed by atoms with Gasteiger partial charge < -0.3 is 12.9 Å². The molecule has 4 aromatic rings. The quantitative estimate of drug-likeness (QED) is 0.0764. The van der Waals surface area contributed by atoms with Crippen LogP contribution in [0.15, 0.2) is 138 Å². The minimum absolute atomic E-state index is 0. The smallest absolute Gasteiger partial charge is 0.256 e. The molecule has 0 unspecified atom stereocenters. The van der Waals surface area contributed by atoms with Crippen molar-refractivity contribution in [3.8, 4) is 0 Å². The summed E-state index contributed by atoms with van der Waals surface area (Å²) in [5.41, 5.74) is 5.17. The van der Waals surface area contributed by atoms with E-state index in [0.717, 1.165) is 33.4 Å². The van der Waals surface area contributed by atoms with Crippen LogP contribution in [0.4, 0.5) is 0 Å². The Kier molecular flexibility index (Phi) is 50.7. The Labute approximate surface area is 490 Å². The second kappa shape index (κ2) is 48.4. The van der Waals surface area contributed by atoms with Crippen molar-refractivity contribution in [2.24, 2.45) is 0 Å². The molecule has 4 saturated heterocycles. The summed E-state index contributed by atoms with van der Waals surface area (Å²) in [5, 5.41) is 6.62. The molecule has 4 heterocycles. The van der Waals surface area contributed by atoms with E-state index in [4.69, 9.17) is 0 Å². The van der Waals surface area contributed by atoms with Crippen molar-refractivity contribution in [1.82, 2.24) is 20.9 Å². The third-order valence-corrected chi connectivity index (χ3v) is 8.30. The van der Waals surface area contributed by atoms with E-state index >= 15 is 0 Å². The summed E-state index contributed by atoms with van der Waals surface area (Å²) in [4.78, 5) is 98.4. The summed E-state index contributed by atoms with van der Waals surface area (Å²) in [6.45, 7) is 17.0. The fourth-order valence-corrected chi connectivity index (χ4v) is 5.33. The van der Waals surface area contributed by atoms with Crippen molar-refractivity contribution in [2.45, 2.75) is 113 Å². The molecule has 396 valence electrons. The molecular weight excluding hydrogens is 1090 g/mol. The number of carbonyl (C=O) groups is 9. The SMILES string of the molecule is CCC.CCC.CCC.CCC.CN1C(=O)CC(=Cc2ccccc2)C1=O.O.O=C1CC(=Cc2ccccc2)C(=O)N1.O=C1CC(=Cc2ccccc2)C(=O)N1.O=C1CCC(=O)N1.O=Cc1ccccc1.[CH3-].[Y].[Y]. The maximum absolute atomic E-state index is 11.6. The maximum Gasteiger partial charge on any atom is 0.256 e. The molecule has 0 aromatic heterocycles. The Bertz CT molecular complexity index is 2240. The van der Waals surface area contributed by atoms with Gasteiger partial charge in [0.1, 0.15) is 6.29 Å². The first-order valence-corrected chi connectivity index (χ1v) is 23.7. The number of aldehydes is 1. The maximum atomic E-state index is 11.6. The largest absolute Gasteiger partial charge is 0.412 e. The zero-order valence-electron chi connectivity index (χ0n) is 45.0. The molecule has 0 saturated carbocycles. The molecule has 8 amide bonds. The van der Waals surface area contributed by atoms with Gasteiger partial charge in [0.15, 0.2) is 0 Å². The molecule has 74 heavy (non-hydrogen) atoms. The van der Waals surface area contributed by atoms with Crippen LogP contribution in [-0.2, 0) is 104 Å². The van der Waals surface area contributed by atoms with Gasteiger partial charge in [0.2, 0.25) is 29.5 Å². The molecule has 4 aliphatic heterocycles. The molecule has 0 spiro atoms. The van der Waals surface area contributed by atoms with Crippen LogP contribution in [0.25, 0.3) is 18.2 Å². The van der Waals surface area contributed by atoms with E-state index in [0.29, 0.717) is 29.6 Å². The molecule has 4 fully saturated rings. The molecule has 14 nitrogen and oxygen atoms in total. The van der Waals surface area contributed by atoms with E-state index in [1.807, 2.05) is 109 Å². The van der Waals surface area contributed by atoms with E-state index in [1.54, 1.807) is 30.4 Å². The standard InChI is InChI=1S/C12H11NO2.2C11H9NO2.C7H6O.C4H5NO2.4C3H8.CH3.H2O.2Y/c1-13-11(14)8-10(12(13)15)7-9-5-3-2-4-6-9;2*13-10-7-9(11(14)12-10)6-8-4-2-1-3-5-8;8-6-7-4-2-1-3-5-7;6-3-1-2-4(7)5-3;4*1-3-2;;;;/h2-7H,8H2,1H3;2*1-6H,7H2,(H,12,13,14);1-6H;1-2H2,(H,5,6,7);4*3H2,1-2H3;1H3;1H2;;/q;;;;;;;;;-1;;;. The first-order valence-electron chi connectivity index (χ1n) is 23.7. The number of likely N-dealkylation sites (tertiary alicyclic amines) is 1. The number of hydrogen-bond acceptors (Lipinski definition) is 9. The number of rotatable bonds is 4. The number of benzene rings is 4. The van der Waals surface area contributed by atoms with Crippen LogP contribution in [0.5, 0.6) is 0 Å². The van der Waals surface area contributed by atoms with Crippen molar-refractivity contribution in [1.29, 1.82) is 0 Å². The summed E-state index contributed by atoms with van der Waals surface area (Å²) >= 11 is 0. The van der Waals surface area contributed by atoms with Gasteiger partial charge in [-0.15, -0.1) is 0 Å². The predicted octanol–water partition coefficient (Wildman–Crippen LogP) is 9.90. The molecule has 0 atom stereocenters. The van der Waals surface area contributed by atoms with Crippen molar-refractivity contribution >= 4 is 71.8 Å². The summed E-state index contributed by atoms with van der Waals surface area (Å²) in [5.74, 6) is -1.63. The van der Waals surface area contributed by atoms with Crippen LogP contribution in [0.1, 0.15) is 140 Å². The fourth-order valence-electron chi connectivity index (χ4n) is 5.33. The van der Waals surface area contributed by atoms with Gasteiger partial charge in [-0.1, -0.05) is 202 Å². The summed E-state index contributed by atoms with van der Waals surface area (Å²) in [6.07, 6.45) is 12.4. The summed E-state index contributed by atoms with van der Waals surface area (Å²) < 4.78 is 0. The number of likely N-dealkylation sites (N-methyl/N-ethyl adjacent to an activating group) is 1. The minimum Gasteiger partial charge on any atom is -0.412 e. The van der Waals surface area contributed by atoms with Gasteiger partial charge in [-0.2, -0.15) is 0 Å².